The van der Waals surface area contributed by atoms with E-state index in [0.29, 0.717) is 11.1 Å². The van der Waals surface area contributed by atoms with E-state index >= 15 is 0 Å². The second-order valence-electron chi connectivity index (χ2n) is 10.4. The molecule has 12 heteroatoms. The van der Waals surface area contributed by atoms with Gasteiger partial charge in [-0.2, -0.15) is 4.98 Å². The van der Waals surface area contributed by atoms with Crippen LogP contribution in [0.4, 0.5) is 10.5 Å². The van der Waals surface area contributed by atoms with Crippen molar-refractivity contribution in [1.82, 2.24) is 25.0 Å². The van der Waals surface area contributed by atoms with Gasteiger partial charge in [-0.05, 0) is 11.5 Å². The van der Waals surface area contributed by atoms with Crippen LogP contribution in [0.25, 0.3) is 22.8 Å². The van der Waals surface area contributed by atoms with Gasteiger partial charge < -0.3 is 14.6 Å². The van der Waals surface area contributed by atoms with Gasteiger partial charge in [-0.3, -0.25) is 24.3 Å². The average Bonchev–Trinajstić information content (AvgIpc) is 3.56. The van der Waals surface area contributed by atoms with Gasteiger partial charge in [0, 0.05) is 11.1 Å². The zero-order valence-corrected chi connectivity index (χ0v) is 24.5. The number of hydrogen-bond donors (Lipinski definition) is 2. The Balaban J connectivity index is 1.35. The van der Waals surface area contributed by atoms with Gasteiger partial charge >= 0.3 is 6.09 Å². The number of ether oxygens (including phenoxy) is 1. The lowest BCUT2D eigenvalue weighted by molar-refractivity contribution is -0.122. The quantitative estimate of drug-likeness (QED) is 0.203. The van der Waals surface area contributed by atoms with Crippen LogP contribution in [-0.2, 0) is 22.7 Å². The van der Waals surface area contributed by atoms with E-state index in [9.17, 15) is 19.2 Å². The van der Waals surface area contributed by atoms with Gasteiger partial charge in [-0.1, -0.05) is 110 Å². The van der Waals surface area contributed by atoms with Crippen LogP contribution in [0, 0.1) is 5.92 Å². The molecule has 0 spiro atoms. The van der Waals surface area contributed by atoms with Crippen molar-refractivity contribution in [3.8, 4) is 22.8 Å². The summed E-state index contributed by atoms with van der Waals surface area (Å²) in [5.74, 6) is -1.39. The van der Waals surface area contributed by atoms with Crippen molar-refractivity contribution in [2.75, 3.05) is 5.32 Å². The Kier molecular flexibility index (Phi) is 9.53. The molecular weight excluding hydrogens is 576 g/mol. The van der Waals surface area contributed by atoms with Crippen LogP contribution in [0.15, 0.2) is 107 Å². The van der Waals surface area contributed by atoms with Crippen molar-refractivity contribution in [1.29, 1.82) is 0 Å². The summed E-state index contributed by atoms with van der Waals surface area (Å²) < 4.78 is 11.6. The molecule has 0 bridgehead atoms. The van der Waals surface area contributed by atoms with E-state index in [0.717, 1.165) is 10.1 Å². The van der Waals surface area contributed by atoms with Crippen LogP contribution >= 0.6 is 0 Å². The fraction of sp³-hybridized carbons (Fsp3) is 0.182. The number of benzene rings is 3. The minimum Gasteiger partial charge on any atom is -0.444 e. The maximum atomic E-state index is 13.6. The molecule has 228 valence electrons. The first-order valence-electron chi connectivity index (χ1n) is 14.2. The van der Waals surface area contributed by atoms with Crippen LogP contribution in [0.5, 0.6) is 0 Å². The molecule has 2 heterocycles. The SMILES string of the molecule is CC(C)C(NC(=O)Cn1c(-c2ccccc2)ncc(NC(=O)OCc2ccccc2)c1=O)C(=O)c1nc(-c2ccccc2)no1. The molecule has 0 saturated carbocycles. The molecule has 0 aliphatic rings. The smallest absolute Gasteiger partial charge is 0.412 e. The number of rotatable bonds is 11. The monoisotopic (exact) mass is 606 g/mol. The van der Waals surface area contributed by atoms with Crippen molar-refractivity contribution in [2.45, 2.75) is 33.0 Å². The molecule has 0 saturated heterocycles. The summed E-state index contributed by atoms with van der Waals surface area (Å²) >= 11 is 0. The summed E-state index contributed by atoms with van der Waals surface area (Å²) in [5.41, 5.74) is 1.13. The van der Waals surface area contributed by atoms with E-state index in [1.165, 1.54) is 6.20 Å². The predicted molar refractivity (Wildman–Crippen MR) is 165 cm³/mol. The van der Waals surface area contributed by atoms with Gasteiger partial charge in [-0.15, -0.1) is 0 Å². The summed E-state index contributed by atoms with van der Waals surface area (Å²) in [5, 5.41) is 9.02. The highest BCUT2D eigenvalue weighted by Crippen LogP contribution is 2.19. The third-order valence-corrected chi connectivity index (χ3v) is 6.76. The standard InChI is InChI=1S/C33H30N6O6/c1-21(2)27(28(41)31-37-29(38-45-31)23-14-8-4-9-15-23)36-26(40)19-39-30(24-16-10-5-11-17-24)34-18-25(32(39)42)35-33(43)44-20-22-12-6-3-7-13-22/h3-18,21,27H,19-20H2,1-2H3,(H,35,43)(H,36,40). The Labute approximate surface area is 258 Å². The van der Waals surface area contributed by atoms with Crippen molar-refractivity contribution < 1.29 is 23.6 Å². The van der Waals surface area contributed by atoms with Crippen LogP contribution in [0.1, 0.15) is 30.1 Å². The summed E-state index contributed by atoms with van der Waals surface area (Å²) in [4.78, 5) is 61.4. The largest absolute Gasteiger partial charge is 0.444 e. The molecule has 12 nitrogen and oxygen atoms in total. The number of anilines is 1. The molecule has 2 N–H and O–H groups in total. The van der Waals surface area contributed by atoms with Crippen LogP contribution in [0.3, 0.4) is 0 Å². The second-order valence-corrected chi connectivity index (χ2v) is 10.4. The van der Waals surface area contributed by atoms with E-state index in [1.807, 2.05) is 36.4 Å². The van der Waals surface area contributed by atoms with Crippen molar-refractivity contribution >= 4 is 23.5 Å². The lowest BCUT2D eigenvalue weighted by atomic mass is 9.99. The minimum atomic E-state index is -1.03. The summed E-state index contributed by atoms with van der Waals surface area (Å²) in [6.45, 7) is 3.01. The van der Waals surface area contributed by atoms with E-state index in [4.69, 9.17) is 9.26 Å². The number of hydrogen-bond acceptors (Lipinski definition) is 9. The number of amides is 2. The first-order valence-corrected chi connectivity index (χ1v) is 14.2. The molecule has 2 amide bonds. The Morgan fingerprint density at radius 2 is 1.51 bits per heavy atom. The molecule has 45 heavy (non-hydrogen) atoms. The molecule has 1 atom stereocenters. The van der Waals surface area contributed by atoms with Crippen molar-refractivity contribution in [3.05, 3.63) is 119 Å². The topological polar surface area (TPSA) is 158 Å². The summed E-state index contributed by atoms with van der Waals surface area (Å²) in [7, 11) is 0. The molecular formula is C33H30N6O6. The molecule has 0 fully saturated rings. The number of aromatic nitrogens is 4. The fourth-order valence-electron chi connectivity index (χ4n) is 4.47. The zero-order chi connectivity index (χ0) is 31.8. The first kappa shape index (κ1) is 30.5. The molecule has 3 aromatic carbocycles. The number of carbonyl (C=O) groups excluding carboxylic acids is 3. The van der Waals surface area contributed by atoms with Crippen LogP contribution in [-0.4, -0.2) is 43.5 Å². The molecule has 5 aromatic rings. The van der Waals surface area contributed by atoms with E-state index in [2.05, 4.69) is 25.8 Å². The highest BCUT2D eigenvalue weighted by atomic mass is 16.5. The lowest BCUT2D eigenvalue weighted by Gasteiger charge is -2.20. The lowest BCUT2D eigenvalue weighted by Crippen LogP contribution is -2.46. The second kappa shape index (κ2) is 14.0. The molecule has 5 rings (SSSR count). The number of carbonyl (C=O) groups is 3. The molecule has 1 unspecified atom stereocenters. The van der Waals surface area contributed by atoms with Crippen LogP contribution < -0.4 is 16.2 Å². The Morgan fingerprint density at radius 1 is 0.889 bits per heavy atom. The van der Waals surface area contributed by atoms with Crippen molar-refractivity contribution in [2.24, 2.45) is 5.92 Å². The van der Waals surface area contributed by atoms with Gasteiger partial charge in [0.25, 0.3) is 11.4 Å². The normalized spacial score (nSPS) is 11.5. The third-order valence-electron chi connectivity index (χ3n) is 6.76. The maximum absolute atomic E-state index is 13.6. The molecule has 0 aliphatic heterocycles. The zero-order valence-electron chi connectivity index (χ0n) is 24.5. The summed E-state index contributed by atoms with van der Waals surface area (Å²) in [6, 6.07) is 25.9. The first-order chi connectivity index (χ1) is 21.8. The maximum Gasteiger partial charge on any atom is 0.412 e. The number of nitrogens with one attached hydrogen (secondary N) is 2. The highest BCUT2D eigenvalue weighted by molar-refractivity contribution is 5.99. The van der Waals surface area contributed by atoms with E-state index in [1.54, 1.807) is 68.4 Å². The molecule has 0 radical (unpaired) electrons. The average molecular weight is 607 g/mol. The third kappa shape index (κ3) is 7.54. The van der Waals surface area contributed by atoms with E-state index < -0.39 is 35.9 Å². The fourth-order valence-corrected chi connectivity index (χ4v) is 4.47. The Bertz CT molecular complexity index is 1840. The van der Waals surface area contributed by atoms with Gasteiger partial charge in [-0.25, -0.2) is 9.78 Å². The Hall–Kier alpha value is -5.91. The number of ketones is 1. The number of Topliss-reactive ketones (excluding diaryl/α,β-unsaturated/α-hetero) is 1. The van der Waals surface area contributed by atoms with Gasteiger partial charge in [0.15, 0.2) is 0 Å². The van der Waals surface area contributed by atoms with E-state index in [-0.39, 0.29) is 35.8 Å². The molecule has 0 aliphatic carbocycles. The molecule has 2 aromatic heterocycles. The van der Waals surface area contributed by atoms with Gasteiger partial charge in [0.05, 0.1) is 12.2 Å². The minimum absolute atomic E-state index is 0.00367. The predicted octanol–water partition coefficient (Wildman–Crippen LogP) is 4.73. The Morgan fingerprint density at radius 3 is 2.16 bits per heavy atom. The summed E-state index contributed by atoms with van der Waals surface area (Å²) in [6.07, 6.45) is 0.351. The van der Waals surface area contributed by atoms with Gasteiger partial charge in [0.2, 0.25) is 17.5 Å². The van der Waals surface area contributed by atoms with Crippen LogP contribution in [0.2, 0.25) is 0 Å². The van der Waals surface area contributed by atoms with Gasteiger partial charge in [0.1, 0.15) is 24.7 Å². The highest BCUT2D eigenvalue weighted by Gasteiger charge is 2.30. The number of nitrogens with zero attached hydrogens (tertiary/aromatic N) is 4. The van der Waals surface area contributed by atoms with Crippen molar-refractivity contribution in [3.63, 3.8) is 0 Å².